The second kappa shape index (κ2) is 10.6. The van der Waals surface area contributed by atoms with Crippen LogP contribution in [0.2, 0.25) is 5.02 Å². The Labute approximate surface area is 194 Å². The molecule has 1 heterocycles. The van der Waals surface area contributed by atoms with E-state index in [1.165, 1.54) is 0 Å². The molecule has 0 aromatic heterocycles. The van der Waals surface area contributed by atoms with E-state index in [0.29, 0.717) is 24.5 Å². The number of ether oxygens (including phenoxy) is 1. The SMILES string of the molecule is CCC(C(=O)O)c1ccc(NC2CCOC(CC(C)(C)O)C2)c(Nc2ccc(Cl)cc2)c1. The first-order valence-electron chi connectivity index (χ1n) is 11.1. The van der Waals surface area contributed by atoms with Crippen molar-refractivity contribution < 1.29 is 19.7 Å². The largest absolute Gasteiger partial charge is 0.481 e. The average Bonchev–Trinajstić information content (AvgIpc) is 2.71. The fourth-order valence-corrected chi connectivity index (χ4v) is 4.31. The minimum Gasteiger partial charge on any atom is -0.481 e. The summed E-state index contributed by atoms with van der Waals surface area (Å²) in [4.78, 5) is 11.7. The van der Waals surface area contributed by atoms with Gasteiger partial charge in [-0.2, -0.15) is 0 Å². The number of halogens is 1. The van der Waals surface area contributed by atoms with E-state index in [9.17, 15) is 15.0 Å². The number of anilines is 3. The standard InChI is InChI=1S/C25H33ClN2O4/c1-4-21(24(29)30)16-5-10-22(23(13-16)27-18-8-6-17(26)7-9-18)28-19-11-12-32-20(14-19)15-25(2,3)31/h5-10,13,19-21,27-28,31H,4,11-12,14-15H2,1-3H3,(H,29,30). The Morgan fingerprint density at radius 1 is 1.22 bits per heavy atom. The zero-order chi connectivity index (χ0) is 23.3. The maximum Gasteiger partial charge on any atom is 0.310 e. The third kappa shape index (κ3) is 6.86. The summed E-state index contributed by atoms with van der Waals surface area (Å²) in [6.07, 6.45) is 2.73. The van der Waals surface area contributed by atoms with Gasteiger partial charge in [0.2, 0.25) is 0 Å². The predicted octanol–water partition coefficient (Wildman–Crippen LogP) is 5.78. The summed E-state index contributed by atoms with van der Waals surface area (Å²) < 4.78 is 5.86. The zero-order valence-corrected chi connectivity index (χ0v) is 19.7. The second-order valence-electron chi connectivity index (χ2n) is 9.11. The van der Waals surface area contributed by atoms with Gasteiger partial charge in [-0.15, -0.1) is 0 Å². The first kappa shape index (κ1) is 24.4. The lowest BCUT2D eigenvalue weighted by Gasteiger charge is -2.34. The highest BCUT2D eigenvalue weighted by molar-refractivity contribution is 6.30. The fraction of sp³-hybridized carbons (Fsp3) is 0.480. The molecule has 0 radical (unpaired) electrons. The summed E-state index contributed by atoms with van der Waals surface area (Å²) >= 11 is 6.02. The van der Waals surface area contributed by atoms with Crippen LogP contribution in [0.3, 0.4) is 0 Å². The molecule has 1 saturated heterocycles. The van der Waals surface area contributed by atoms with Crippen molar-refractivity contribution in [2.24, 2.45) is 0 Å². The Morgan fingerprint density at radius 2 is 1.94 bits per heavy atom. The van der Waals surface area contributed by atoms with Crippen LogP contribution < -0.4 is 10.6 Å². The summed E-state index contributed by atoms with van der Waals surface area (Å²) in [5, 5.41) is 27.4. The third-order valence-electron chi connectivity index (χ3n) is 5.73. The van der Waals surface area contributed by atoms with Gasteiger partial charge in [0.15, 0.2) is 0 Å². The van der Waals surface area contributed by atoms with Crippen molar-refractivity contribution in [2.75, 3.05) is 17.2 Å². The molecular formula is C25H33ClN2O4. The van der Waals surface area contributed by atoms with Gasteiger partial charge in [-0.3, -0.25) is 4.79 Å². The molecule has 7 heteroatoms. The van der Waals surface area contributed by atoms with Crippen LogP contribution in [-0.4, -0.2) is 40.5 Å². The molecule has 4 N–H and O–H groups in total. The van der Waals surface area contributed by atoms with E-state index >= 15 is 0 Å². The van der Waals surface area contributed by atoms with E-state index in [0.717, 1.165) is 35.5 Å². The molecule has 0 spiro atoms. The maximum absolute atomic E-state index is 11.7. The minimum absolute atomic E-state index is 0.00956. The molecule has 3 atom stereocenters. The number of benzene rings is 2. The second-order valence-corrected chi connectivity index (χ2v) is 9.55. The lowest BCUT2D eigenvalue weighted by atomic mass is 9.93. The number of carboxylic acids is 1. The molecule has 6 nitrogen and oxygen atoms in total. The molecule has 174 valence electrons. The molecule has 1 aliphatic rings. The highest BCUT2D eigenvalue weighted by atomic mass is 35.5. The quantitative estimate of drug-likeness (QED) is 0.379. The van der Waals surface area contributed by atoms with Gasteiger partial charge in [-0.05, 0) is 75.1 Å². The lowest BCUT2D eigenvalue weighted by Crippen LogP contribution is -2.38. The zero-order valence-electron chi connectivity index (χ0n) is 18.9. The predicted molar refractivity (Wildman–Crippen MR) is 129 cm³/mol. The van der Waals surface area contributed by atoms with E-state index in [4.69, 9.17) is 16.3 Å². The van der Waals surface area contributed by atoms with Crippen LogP contribution in [0.15, 0.2) is 42.5 Å². The van der Waals surface area contributed by atoms with Crippen molar-refractivity contribution in [1.29, 1.82) is 0 Å². The molecular weight excluding hydrogens is 428 g/mol. The van der Waals surface area contributed by atoms with Crippen molar-refractivity contribution in [1.82, 2.24) is 0 Å². The molecule has 1 aliphatic heterocycles. The molecule has 1 fully saturated rings. The van der Waals surface area contributed by atoms with Crippen molar-refractivity contribution in [2.45, 2.75) is 70.1 Å². The fourth-order valence-electron chi connectivity index (χ4n) is 4.18. The molecule has 0 aliphatic carbocycles. The average molecular weight is 461 g/mol. The number of hydrogen-bond acceptors (Lipinski definition) is 5. The van der Waals surface area contributed by atoms with Gasteiger partial charge < -0.3 is 25.6 Å². The smallest absolute Gasteiger partial charge is 0.310 e. The van der Waals surface area contributed by atoms with Crippen LogP contribution in [0.1, 0.15) is 57.9 Å². The summed E-state index contributed by atoms with van der Waals surface area (Å²) in [5.74, 6) is -1.39. The Hall–Kier alpha value is -2.28. The molecule has 2 aromatic carbocycles. The van der Waals surface area contributed by atoms with Gasteiger partial charge in [0.05, 0.1) is 29.0 Å². The highest BCUT2D eigenvalue weighted by Gasteiger charge is 2.28. The molecule has 0 bridgehead atoms. The van der Waals surface area contributed by atoms with Crippen LogP contribution in [0, 0.1) is 0 Å². The Balaban J connectivity index is 1.84. The lowest BCUT2D eigenvalue weighted by molar-refractivity contribution is -0.138. The Bertz CT molecular complexity index is 911. The number of aliphatic hydroxyl groups is 1. The Kier molecular flexibility index (Phi) is 8.04. The monoisotopic (exact) mass is 460 g/mol. The number of aliphatic carboxylic acids is 1. The van der Waals surface area contributed by atoms with E-state index < -0.39 is 17.5 Å². The van der Waals surface area contributed by atoms with Gasteiger partial charge >= 0.3 is 5.97 Å². The van der Waals surface area contributed by atoms with Gasteiger partial charge in [-0.25, -0.2) is 0 Å². The summed E-state index contributed by atoms with van der Waals surface area (Å²) in [6, 6.07) is 13.3. The molecule has 32 heavy (non-hydrogen) atoms. The topological polar surface area (TPSA) is 90.8 Å². The van der Waals surface area contributed by atoms with Gasteiger partial charge in [0, 0.05) is 29.8 Å². The highest BCUT2D eigenvalue weighted by Crippen LogP contribution is 2.33. The molecule has 3 unspecified atom stereocenters. The molecule has 3 rings (SSSR count). The van der Waals surface area contributed by atoms with Crippen LogP contribution in [0.4, 0.5) is 17.1 Å². The maximum atomic E-state index is 11.7. The number of carboxylic acid groups (broad SMARTS) is 1. The Morgan fingerprint density at radius 3 is 2.56 bits per heavy atom. The molecule has 0 amide bonds. The van der Waals surface area contributed by atoms with Crippen molar-refractivity contribution >= 4 is 34.6 Å². The summed E-state index contributed by atoms with van der Waals surface area (Å²) in [5.41, 5.74) is 2.56. The number of hydrogen-bond donors (Lipinski definition) is 4. The van der Waals surface area contributed by atoms with Crippen LogP contribution >= 0.6 is 11.6 Å². The number of rotatable bonds is 9. The minimum atomic E-state index is -0.829. The van der Waals surface area contributed by atoms with Crippen molar-refractivity contribution in [3.8, 4) is 0 Å². The first-order valence-corrected chi connectivity index (χ1v) is 11.5. The van der Waals surface area contributed by atoms with Crippen LogP contribution in [0.5, 0.6) is 0 Å². The van der Waals surface area contributed by atoms with E-state index in [2.05, 4.69) is 10.6 Å². The van der Waals surface area contributed by atoms with E-state index in [1.807, 2.05) is 49.4 Å². The van der Waals surface area contributed by atoms with Gasteiger partial charge in [0.1, 0.15) is 0 Å². The van der Waals surface area contributed by atoms with E-state index in [1.54, 1.807) is 13.8 Å². The summed E-state index contributed by atoms with van der Waals surface area (Å²) in [7, 11) is 0. The van der Waals surface area contributed by atoms with Crippen molar-refractivity contribution in [3.05, 3.63) is 53.1 Å². The summed E-state index contributed by atoms with van der Waals surface area (Å²) in [6.45, 7) is 6.11. The van der Waals surface area contributed by atoms with E-state index in [-0.39, 0.29) is 12.1 Å². The number of carbonyl (C=O) groups is 1. The van der Waals surface area contributed by atoms with Crippen LogP contribution in [0.25, 0.3) is 0 Å². The van der Waals surface area contributed by atoms with Gasteiger partial charge in [0.25, 0.3) is 0 Å². The van der Waals surface area contributed by atoms with Gasteiger partial charge in [-0.1, -0.05) is 24.6 Å². The normalized spacial score (nSPS) is 19.9. The van der Waals surface area contributed by atoms with Crippen molar-refractivity contribution in [3.63, 3.8) is 0 Å². The first-order chi connectivity index (χ1) is 15.1. The third-order valence-corrected chi connectivity index (χ3v) is 5.98. The van der Waals surface area contributed by atoms with Crippen LogP contribution in [-0.2, 0) is 9.53 Å². The number of nitrogens with one attached hydrogen (secondary N) is 2. The molecule has 0 saturated carbocycles. The molecule has 2 aromatic rings.